The van der Waals surface area contributed by atoms with Gasteiger partial charge in [-0.1, -0.05) is 12.8 Å². The molecule has 0 aromatic heterocycles. The van der Waals surface area contributed by atoms with Crippen LogP contribution in [0.3, 0.4) is 0 Å². The predicted octanol–water partition coefficient (Wildman–Crippen LogP) is 3.58. The molecule has 0 radical (unpaired) electrons. The van der Waals surface area contributed by atoms with Crippen LogP contribution in [0.25, 0.3) is 0 Å². The summed E-state index contributed by atoms with van der Waals surface area (Å²) in [5.41, 5.74) is 0. The van der Waals surface area contributed by atoms with Gasteiger partial charge in [-0.05, 0) is 30.8 Å². The van der Waals surface area contributed by atoms with Crippen LogP contribution in [-0.2, 0) is 14.2 Å². The molecule has 0 spiro atoms. The van der Waals surface area contributed by atoms with Gasteiger partial charge in [0.1, 0.15) is 0 Å². The molecule has 2 fully saturated rings. The largest absolute Gasteiger partial charge is 0.358 e. The molecule has 3 nitrogen and oxygen atoms in total. The van der Waals surface area contributed by atoms with Gasteiger partial charge in [-0.3, -0.25) is 0 Å². The molecule has 0 aromatic rings. The van der Waals surface area contributed by atoms with E-state index < -0.39 is 0 Å². The number of thioether (sulfide) groups is 2. The Bertz CT molecular complexity index is 265. The van der Waals surface area contributed by atoms with E-state index in [1.54, 1.807) is 14.2 Å². The molecule has 1 aliphatic heterocycles. The first-order valence-corrected chi connectivity index (χ1v) is 9.13. The first kappa shape index (κ1) is 16.0. The summed E-state index contributed by atoms with van der Waals surface area (Å²) in [6, 6.07) is 0. The molecule has 0 unspecified atom stereocenters. The molecule has 0 amide bonds. The van der Waals surface area contributed by atoms with Crippen molar-refractivity contribution in [2.45, 2.75) is 42.7 Å². The molecule has 1 aliphatic carbocycles. The lowest BCUT2D eigenvalue weighted by molar-refractivity contribution is -0.165. The van der Waals surface area contributed by atoms with Crippen LogP contribution in [0, 0.1) is 11.8 Å². The number of methoxy groups -OCH3 is 3. The standard InChI is InChI=1S/C14H26O3S2/c1-15-13(16-2)11-7-4-5-8-12(11)14(17-3)18-9-6-10-19-14/h11-13H,4-10H2,1-3H3/t11-,12+/m1/s1. The maximum atomic E-state index is 6.00. The van der Waals surface area contributed by atoms with Crippen LogP contribution < -0.4 is 0 Å². The van der Waals surface area contributed by atoms with Gasteiger partial charge < -0.3 is 14.2 Å². The van der Waals surface area contributed by atoms with E-state index in [1.165, 1.54) is 43.6 Å². The Hall–Kier alpha value is 0.580. The maximum absolute atomic E-state index is 6.00. The van der Waals surface area contributed by atoms with Gasteiger partial charge in [0.15, 0.2) is 10.6 Å². The summed E-state index contributed by atoms with van der Waals surface area (Å²) >= 11 is 3.98. The van der Waals surface area contributed by atoms with Crippen LogP contribution in [0.4, 0.5) is 0 Å². The molecule has 112 valence electrons. The number of hydrogen-bond acceptors (Lipinski definition) is 5. The highest BCUT2D eigenvalue weighted by molar-refractivity contribution is 8.18. The fourth-order valence-electron chi connectivity index (χ4n) is 3.38. The van der Waals surface area contributed by atoms with Crippen LogP contribution in [0.15, 0.2) is 0 Å². The Morgan fingerprint density at radius 3 is 2.16 bits per heavy atom. The predicted molar refractivity (Wildman–Crippen MR) is 82.5 cm³/mol. The number of rotatable bonds is 5. The second-order valence-electron chi connectivity index (χ2n) is 5.25. The second-order valence-corrected chi connectivity index (χ2v) is 8.12. The minimum Gasteiger partial charge on any atom is -0.358 e. The Kier molecular flexibility index (Phi) is 6.34. The average molecular weight is 306 g/mol. The van der Waals surface area contributed by atoms with Crippen molar-refractivity contribution in [1.29, 1.82) is 0 Å². The molecule has 1 saturated heterocycles. The first-order valence-electron chi connectivity index (χ1n) is 7.16. The summed E-state index contributed by atoms with van der Waals surface area (Å²) in [4.78, 5) is 0. The van der Waals surface area contributed by atoms with E-state index in [-0.39, 0.29) is 10.6 Å². The third-order valence-corrected chi connectivity index (χ3v) is 7.70. The Morgan fingerprint density at radius 2 is 1.58 bits per heavy atom. The smallest absolute Gasteiger partial charge is 0.163 e. The van der Waals surface area contributed by atoms with Crippen molar-refractivity contribution < 1.29 is 14.2 Å². The van der Waals surface area contributed by atoms with Crippen molar-refractivity contribution in [3.8, 4) is 0 Å². The lowest BCUT2D eigenvalue weighted by Crippen LogP contribution is -2.46. The third kappa shape index (κ3) is 3.43. The fourth-order valence-corrected chi connectivity index (χ4v) is 6.79. The van der Waals surface area contributed by atoms with Gasteiger partial charge in [0, 0.05) is 33.2 Å². The molecule has 0 aromatic carbocycles. The van der Waals surface area contributed by atoms with Gasteiger partial charge >= 0.3 is 0 Å². The number of hydrogen-bond donors (Lipinski definition) is 0. The lowest BCUT2D eigenvalue weighted by atomic mass is 9.78. The zero-order valence-corrected chi connectivity index (χ0v) is 13.9. The van der Waals surface area contributed by atoms with Crippen LogP contribution in [0.5, 0.6) is 0 Å². The molecule has 1 heterocycles. The Morgan fingerprint density at radius 1 is 0.947 bits per heavy atom. The summed E-state index contributed by atoms with van der Waals surface area (Å²) < 4.78 is 17.0. The van der Waals surface area contributed by atoms with E-state index in [4.69, 9.17) is 14.2 Å². The van der Waals surface area contributed by atoms with Crippen molar-refractivity contribution in [1.82, 2.24) is 0 Å². The third-order valence-electron chi connectivity index (χ3n) is 4.27. The zero-order valence-electron chi connectivity index (χ0n) is 12.2. The van der Waals surface area contributed by atoms with Crippen LogP contribution in [-0.4, -0.2) is 43.4 Å². The van der Waals surface area contributed by atoms with Crippen molar-refractivity contribution in [3.63, 3.8) is 0 Å². The minimum atomic E-state index is -0.0968. The summed E-state index contributed by atoms with van der Waals surface area (Å²) in [6.07, 6.45) is 6.17. The van der Waals surface area contributed by atoms with Crippen molar-refractivity contribution in [2.24, 2.45) is 11.8 Å². The Balaban J connectivity index is 2.16. The molecule has 19 heavy (non-hydrogen) atoms. The van der Waals surface area contributed by atoms with E-state index in [0.29, 0.717) is 11.8 Å². The van der Waals surface area contributed by atoms with Gasteiger partial charge in [0.25, 0.3) is 0 Å². The summed E-state index contributed by atoms with van der Waals surface area (Å²) in [7, 11) is 5.37. The fraction of sp³-hybridized carbons (Fsp3) is 1.00. The molecule has 2 aliphatic rings. The van der Waals surface area contributed by atoms with Crippen LogP contribution in [0.2, 0.25) is 0 Å². The topological polar surface area (TPSA) is 27.7 Å². The van der Waals surface area contributed by atoms with E-state index in [0.717, 1.165) is 0 Å². The van der Waals surface area contributed by atoms with Gasteiger partial charge in [-0.2, -0.15) is 0 Å². The molecular weight excluding hydrogens is 280 g/mol. The molecule has 5 heteroatoms. The molecule has 2 rings (SSSR count). The minimum absolute atomic E-state index is 0.0847. The second kappa shape index (κ2) is 7.55. The summed E-state index contributed by atoms with van der Waals surface area (Å²) in [5.74, 6) is 3.37. The van der Waals surface area contributed by atoms with Gasteiger partial charge in [-0.25, -0.2) is 0 Å². The average Bonchev–Trinajstić information content (AvgIpc) is 2.50. The lowest BCUT2D eigenvalue weighted by Gasteiger charge is -2.47. The monoisotopic (exact) mass is 306 g/mol. The van der Waals surface area contributed by atoms with Gasteiger partial charge in [0.05, 0.1) is 0 Å². The summed E-state index contributed by atoms with van der Waals surface area (Å²) in [6.45, 7) is 0. The normalized spacial score (nSPS) is 31.6. The van der Waals surface area contributed by atoms with E-state index in [9.17, 15) is 0 Å². The number of ether oxygens (including phenoxy) is 3. The molecule has 1 saturated carbocycles. The zero-order chi connectivity index (χ0) is 13.7. The molecular formula is C14H26O3S2. The highest BCUT2D eigenvalue weighted by Gasteiger charge is 2.48. The summed E-state index contributed by atoms with van der Waals surface area (Å²) in [5, 5.41) is 0. The van der Waals surface area contributed by atoms with Gasteiger partial charge in [0.2, 0.25) is 0 Å². The van der Waals surface area contributed by atoms with E-state index in [2.05, 4.69) is 0 Å². The van der Waals surface area contributed by atoms with Crippen LogP contribution in [0.1, 0.15) is 32.1 Å². The van der Waals surface area contributed by atoms with E-state index in [1.807, 2.05) is 30.6 Å². The first-order chi connectivity index (χ1) is 9.27. The molecule has 0 N–H and O–H groups in total. The Labute approximate surface area is 125 Å². The molecule has 0 bridgehead atoms. The highest BCUT2D eigenvalue weighted by atomic mass is 32.2. The molecule has 2 atom stereocenters. The van der Waals surface area contributed by atoms with Crippen molar-refractivity contribution >= 4 is 23.5 Å². The maximum Gasteiger partial charge on any atom is 0.163 e. The van der Waals surface area contributed by atoms with Gasteiger partial charge in [-0.15, -0.1) is 23.5 Å². The quantitative estimate of drug-likeness (QED) is 0.724. The van der Waals surface area contributed by atoms with Crippen molar-refractivity contribution in [3.05, 3.63) is 0 Å². The highest BCUT2D eigenvalue weighted by Crippen LogP contribution is 2.54. The SMILES string of the molecule is COC(OC)[C@@H]1CCCC[C@@H]1C1(OC)SCCCS1. The van der Waals surface area contributed by atoms with E-state index >= 15 is 0 Å². The van der Waals surface area contributed by atoms with Crippen molar-refractivity contribution in [2.75, 3.05) is 32.8 Å². The van der Waals surface area contributed by atoms with Crippen LogP contribution >= 0.6 is 23.5 Å².